The van der Waals surface area contributed by atoms with Gasteiger partial charge < -0.3 is 43.4 Å². The van der Waals surface area contributed by atoms with Gasteiger partial charge in [0, 0.05) is 6.42 Å². The van der Waals surface area contributed by atoms with Crippen molar-refractivity contribution < 1.29 is 29.4 Å². The monoisotopic (exact) mass is 508 g/mol. The van der Waals surface area contributed by atoms with Gasteiger partial charge in [0.25, 0.3) is 0 Å². The van der Waals surface area contributed by atoms with Crippen molar-refractivity contribution in [3.63, 3.8) is 0 Å². The fourth-order valence-corrected chi connectivity index (χ4v) is 3.42. The van der Waals surface area contributed by atoms with Crippen LogP contribution in [-0.4, -0.2) is 71.2 Å². The molecule has 0 spiro atoms. The lowest BCUT2D eigenvalue weighted by Crippen LogP contribution is -2.56. The Kier molecular flexibility index (Phi) is 14.1. The van der Waals surface area contributed by atoms with Crippen LogP contribution in [0.3, 0.4) is 0 Å². The summed E-state index contributed by atoms with van der Waals surface area (Å²) in [6.45, 7) is 2.37. The van der Waals surface area contributed by atoms with Gasteiger partial charge in [0.15, 0.2) is 0 Å². The third kappa shape index (κ3) is 11.5. The summed E-state index contributed by atoms with van der Waals surface area (Å²) in [5, 5.41) is 26.6. The molecule has 0 saturated heterocycles. The van der Waals surface area contributed by atoms with Crippen molar-refractivity contribution in [2.24, 2.45) is 17.2 Å². The minimum absolute atomic E-state index is 0.0146. The number of carboxylic acid groups (broad SMARTS) is 1. The van der Waals surface area contributed by atoms with E-state index < -0.39 is 47.9 Å². The third-order valence-electron chi connectivity index (χ3n) is 5.63. The Morgan fingerprint density at radius 2 is 1.36 bits per heavy atom. The number of nitrogens with one attached hydrogen (secondary N) is 3. The first kappa shape index (κ1) is 30.8. The molecule has 3 amide bonds. The molecule has 0 aliphatic heterocycles. The zero-order valence-corrected chi connectivity index (χ0v) is 20.7. The summed E-state index contributed by atoms with van der Waals surface area (Å²) in [7, 11) is 0. The summed E-state index contributed by atoms with van der Waals surface area (Å²) >= 11 is 0. The second-order valence-electron chi connectivity index (χ2n) is 8.74. The summed E-state index contributed by atoms with van der Waals surface area (Å²) in [6.07, 6.45) is 3.21. The van der Waals surface area contributed by atoms with E-state index in [2.05, 4.69) is 16.0 Å². The van der Waals surface area contributed by atoms with Gasteiger partial charge in [-0.3, -0.25) is 14.4 Å². The molecule has 202 valence electrons. The van der Waals surface area contributed by atoms with Crippen molar-refractivity contribution in [1.82, 2.24) is 16.0 Å². The number of phenolic OH excluding ortho intramolecular Hbond substituents is 1. The van der Waals surface area contributed by atoms with Crippen LogP contribution in [0.4, 0.5) is 0 Å². The molecule has 1 rings (SSSR count). The highest BCUT2D eigenvalue weighted by atomic mass is 16.4. The van der Waals surface area contributed by atoms with Crippen LogP contribution in [0.1, 0.15) is 51.0 Å². The van der Waals surface area contributed by atoms with E-state index in [1.165, 1.54) is 19.1 Å². The minimum Gasteiger partial charge on any atom is -0.508 e. The van der Waals surface area contributed by atoms with Gasteiger partial charge in [0.1, 0.15) is 23.9 Å². The number of hydrogen-bond donors (Lipinski definition) is 8. The number of carbonyl (C=O) groups is 4. The SMILES string of the molecule is CC(NC(=O)C(N)CCCCN)C(=O)NC(CCCCN)C(=O)NC(Cc1ccc(O)cc1)C(=O)O. The lowest BCUT2D eigenvalue weighted by Gasteiger charge is -2.24. The molecule has 0 aliphatic carbocycles. The molecule has 0 bridgehead atoms. The predicted molar refractivity (Wildman–Crippen MR) is 135 cm³/mol. The largest absolute Gasteiger partial charge is 0.508 e. The van der Waals surface area contributed by atoms with Crippen molar-refractivity contribution in [3.05, 3.63) is 29.8 Å². The second-order valence-corrected chi connectivity index (χ2v) is 8.74. The first-order valence-electron chi connectivity index (χ1n) is 12.2. The lowest BCUT2D eigenvalue weighted by atomic mass is 10.0. The zero-order valence-electron chi connectivity index (χ0n) is 20.7. The summed E-state index contributed by atoms with van der Waals surface area (Å²) in [5.41, 5.74) is 17.4. The van der Waals surface area contributed by atoms with Crippen molar-refractivity contribution in [2.75, 3.05) is 13.1 Å². The number of phenols is 1. The molecule has 12 heteroatoms. The van der Waals surface area contributed by atoms with E-state index in [0.717, 1.165) is 6.42 Å². The van der Waals surface area contributed by atoms with Gasteiger partial charge in [-0.2, -0.15) is 0 Å². The molecule has 0 fully saturated rings. The number of hydrogen-bond acceptors (Lipinski definition) is 8. The Hall–Kier alpha value is -3.22. The standard InChI is InChI=1S/C24H40N6O6/c1-15(28-22(33)18(27)6-2-4-12-25)21(32)29-19(7-3-5-13-26)23(34)30-20(24(35)36)14-16-8-10-17(31)11-9-16/h8-11,15,18-20,31H,2-7,12-14,25-27H2,1H3,(H,28,33)(H,29,32)(H,30,34)(H,35,36). The Morgan fingerprint density at radius 3 is 1.92 bits per heavy atom. The molecule has 0 saturated carbocycles. The number of unbranched alkanes of at least 4 members (excludes halogenated alkanes) is 2. The molecule has 12 nitrogen and oxygen atoms in total. The predicted octanol–water partition coefficient (Wildman–Crippen LogP) is -0.921. The summed E-state index contributed by atoms with van der Waals surface area (Å²) in [6, 6.07) is 1.94. The van der Waals surface area contributed by atoms with E-state index in [1.54, 1.807) is 12.1 Å². The number of amides is 3. The quantitative estimate of drug-likeness (QED) is 0.122. The molecular formula is C24H40N6O6. The van der Waals surface area contributed by atoms with E-state index in [-0.39, 0.29) is 18.6 Å². The Bertz CT molecular complexity index is 850. The van der Waals surface area contributed by atoms with Crippen LogP contribution in [0.25, 0.3) is 0 Å². The highest BCUT2D eigenvalue weighted by Crippen LogP contribution is 2.12. The highest BCUT2D eigenvalue weighted by Gasteiger charge is 2.28. The number of carboxylic acids is 1. The van der Waals surface area contributed by atoms with E-state index >= 15 is 0 Å². The zero-order chi connectivity index (χ0) is 27.1. The molecule has 11 N–H and O–H groups in total. The van der Waals surface area contributed by atoms with Gasteiger partial charge in [-0.15, -0.1) is 0 Å². The summed E-state index contributed by atoms with van der Waals surface area (Å²) < 4.78 is 0. The number of rotatable bonds is 17. The fourth-order valence-electron chi connectivity index (χ4n) is 3.42. The molecule has 0 aromatic heterocycles. The normalized spacial score (nSPS) is 14.2. The maximum atomic E-state index is 13.0. The first-order chi connectivity index (χ1) is 17.1. The number of aliphatic carboxylic acids is 1. The number of carbonyl (C=O) groups excluding carboxylic acids is 3. The van der Waals surface area contributed by atoms with E-state index in [9.17, 15) is 29.4 Å². The third-order valence-corrected chi connectivity index (χ3v) is 5.63. The Labute approximate surface area is 211 Å². The number of nitrogens with two attached hydrogens (primary N) is 3. The van der Waals surface area contributed by atoms with Crippen molar-refractivity contribution >= 4 is 23.7 Å². The van der Waals surface area contributed by atoms with E-state index in [4.69, 9.17) is 17.2 Å². The second kappa shape index (κ2) is 16.5. The highest BCUT2D eigenvalue weighted by molar-refractivity contribution is 5.93. The lowest BCUT2D eigenvalue weighted by molar-refractivity contribution is -0.142. The number of benzene rings is 1. The maximum absolute atomic E-state index is 13.0. The van der Waals surface area contributed by atoms with Gasteiger partial charge in [0.05, 0.1) is 6.04 Å². The Morgan fingerprint density at radius 1 is 0.806 bits per heavy atom. The van der Waals surface area contributed by atoms with Gasteiger partial charge in [0.2, 0.25) is 17.7 Å². The van der Waals surface area contributed by atoms with Gasteiger partial charge in [-0.05, 0) is 69.8 Å². The van der Waals surface area contributed by atoms with Gasteiger partial charge >= 0.3 is 5.97 Å². The average molecular weight is 509 g/mol. The van der Waals surface area contributed by atoms with Crippen LogP contribution in [0.5, 0.6) is 5.75 Å². The molecule has 36 heavy (non-hydrogen) atoms. The summed E-state index contributed by atoms with van der Waals surface area (Å²) in [4.78, 5) is 49.7. The van der Waals surface area contributed by atoms with E-state index in [0.29, 0.717) is 44.3 Å². The molecule has 4 unspecified atom stereocenters. The molecular weight excluding hydrogens is 468 g/mol. The van der Waals surface area contributed by atoms with Crippen LogP contribution in [0, 0.1) is 0 Å². The van der Waals surface area contributed by atoms with Crippen molar-refractivity contribution in [1.29, 1.82) is 0 Å². The van der Waals surface area contributed by atoms with E-state index in [1.807, 2.05) is 0 Å². The van der Waals surface area contributed by atoms with Crippen LogP contribution in [0.15, 0.2) is 24.3 Å². The van der Waals surface area contributed by atoms with Crippen LogP contribution in [-0.2, 0) is 25.6 Å². The van der Waals surface area contributed by atoms with Crippen LogP contribution in [0.2, 0.25) is 0 Å². The minimum atomic E-state index is -1.25. The van der Waals surface area contributed by atoms with Crippen LogP contribution >= 0.6 is 0 Å². The fraction of sp³-hybridized carbons (Fsp3) is 0.583. The Balaban J connectivity index is 2.80. The topological polar surface area (TPSA) is 223 Å². The molecule has 1 aromatic carbocycles. The first-order valence-corrected chi connectivity index (χ1v) is 12.2. The molecule has 0 heterocycles. The van der Waals surface area contributed by atoms with Crippen LogP contribution < -0.4 is 33.2 Å². The van der Waals surface area contributed by atoms with Crippen molar-refractivity contribution in [2.45, 2.75) is 76.0 Å². The average Bonchev–Trinajstić information content (AvgIpc) is 2.84. The smallest absolute Gasteiger partial charge is 0.326 e. The summed E-state index contributed by atoms with van der Waals surface area (Å²) in [5.74, 6) is -2.96. The number of aromatic hydroxyl groups is 1. The molecule has 0 radical (unpaired) electrons. The maximum Gasteiger partial charge on any atom is 0.326 e. The van der Waals surface area contributed by atoms with Crippen molar-refractivity contribution in [3.8, 4) is 5.75 Å². The van der Waals surface area contributed by atoms with Gasteiger partial charge in [-0.25, -0.2) is 4.79 Å². The molecule has 1 aromatic rings. The molecule has 4 atom stereocenters. The van der Waals surface area contributed by atoms with Gasteiger partial charge in [-0.1, -0.05) is 18.6 Å². The molecule has 0 aliphatic rings.